The van der Waals surface area contributed by atoms with Crippen LogP contribution in [-0.2, 0) is 6.54 Å². The molecule has 2 aromatic heterocycles. The second-order valence-electron chi connectivity index (χ2n) is 9.44. The molecule has 1 fully saturated rings. The quantitative estimate of drug-likeness (QED) is 0.270. The highest BCUT2D eigenvalue weighted by Crippen LogP contribution is 2.39. The average molecular weight is 532 g/mol. The molecule has 3 N–H and O–H groups in total. The zero-order valence-corrected chi connectivity index (χ0v) is 23.3. The minimum absolute atomic E-state index is 0.0888. The molecule has 6 nitrogen and oxygen atoms in total. The van der Waals surface area contributed by atoms with Crippen LogP contribution in [0.4, 0.5) is 0 Å². The highest BCUT2D eigenvalue weighted by Gasteiger charge is 2.30. The Morgan fingerprint density at radius 3 is 2.50 bits per heavy atom. The van der Waals surface area contributed by atoms with Crippen molar-refractivity contribution in [2.45, 2.75) is 58.5 Å². The molecule has 4 aromatic rings. The van der Waals surface area contributed by atoms with Gasteiger partial charge in [0, 0.05) is 45.7 Å². The summed E-state index contributed by atoms with van der Waals surface area (Å²) in [5, 5.41) is 11.7. The van der Waals surface area contributed by atoms with Crippen LogP contribution in [0, 0.1) is 6.92 Å². The fraction of sp³-hybridized carbons (Fsp3) is 0.355. The van der Waals surface area contributed by atoms with Gasteiger partial charge in [-0.3, -0.25) is 9.78 Å². The van der Waals surface area contributed by atoms with Crippen molar-refractivity contribution in [3.63, 3.8) is 0 Å². The predicted molar refractivity (Wildman–Crippen MR) is 156 cm³/mol. The average Bonchev–Trinajstić information content (AvgIpc) is 3.30. The van der Waals surface area contributed by atoms with Gasteiger partial charge < -0.3 is 20.5 Å². The van der Waals surface area contributed by atoms with Gasteiger partial charge in [-0.1, -0.05) is 43.5 Å². The number of nitrogens with two attached hydrogens (primary N) is 1. The fourth-order valence-electron chi connectivity index (χ4n) is 5.07. The first-order chi connectivity index (χ1) is 18.5. The zero-order valence-electron chi connectivity index (χ0n) is 22.4. The van der Waals surface area contributed by atoms with E-state index in [-0.39, 0.29) is 17.7 Å². The number of aryl methyl sites for hydroxylation is 1. The molecule has 0 bridgehead atoms. The summed E-state index contributed by atoms with van der Waals surface area (Å²) in [6, 6.07) is 18.0. The third-order valence-corrected chi connectivity index (χ3v) is 8.13. The van der Waals surface area contributed by atoms with Gasteiger partial charge >= 0.3 is 0 Å². The van der Waals surface area contributed by atoms with Crippen LogP contribution in [0.1, 0.15) is 60.0 Å². The van der Waals surface area contributed by atoms with E-state index in [2.05, 4.69) is 22.9 Å². The molecule has 1 amide bonds. The summed E-state index contributed by atoms with van der Waals surface area (Å²) >= 11 is 1.37. The van der Waals surface area contributed by atoms with Crippen molar-refractivity contribution in [3.05, 3.63) is 76.9 Å². The number of nitrogens with zero attached hydrogens (tertiary/aromatic N) is 2. The van der Waals surface area contributed by atoms with E-state index in [0.29, 0.717) is 18.0 Å². The molecule has 0 aliphatic heterocycles. The zero-order chi connectivity index (χ0) is 27.1. The molecule has 0 saturated heterocycles. The third kappa shape index (κ3) is 6.00. The van der Waals surface area contributed by atoms with Crippen molar-refractivity contribution in [3.8, 4) is 22.6 Å². The molecule has 38 heavy (non-hydrogen) atoms. The van der Waals surface area contributed by atoms with Crippen LogP contribution in [0.25, 0.3) is 21.2 Å². The second-order valence-corrected chi connectivity index (χ2v) is 10.5. The first-order valence-corrected chi connectivity index (χ1v) is 14.1. The molecule has 0 unspecified atom stereocenters. The van der Waals surface area contributed by atoms with E-state index < -0.39 is 0 Å². The standard InChI is InChI=1S/C30H32N2O3S.CH5N/c1-3-35-26-16-15-21(22-14-13-20(2)31-18-22)17-23(26)19-32(24-9-5-4-6-10-24)30(34)29-28(33)25-11-7-8-12-27(25)36-29;1-2/h7-8,11-18,24,33H,3-6,9-10,19H2,1-2H3;2H2,1H3. The highest BCUT2D eigenvalue weighted by atomic mass is 32.1. The van der Waals surface area contributed by atoms with E-state index >= 15 is 0 Å². The molecule has 200 valence electrons. The number of rotatable bonds is 7. The summed E-state index contributed by atoms with van der Waals surface area (Å²) in [4.78, 5) is 20.9. The minimum atomic E-state index is -0.106. The van der Waals surface area contributed by atoms with Gasteiger partial charge in [-0.2, -0.15) is 0 Å². The molecular weight excluding hydrogens is 494 g/mol. The maximum Gasteiger partial charge on any atom is 0.268 e. The molecule has 5 rings (SSSR count). The number of thiophene rings is 1. The Kier molecular flexibility index (Phi) is 9.37. The van der Waals surface area contributed by atoms with E-state index in [9.17, 15) is 9.90 Å². The number of hydrogen-bond acceptors (Lipinski definition) is 6. The number of carbonyl (C=O) groups excluding carboxylic acids is 1. The SMILES string of the molecule is CCOc1ccc(-c2ccc(C)nc2)cc1CN(C(=O)c1sc2ccccc2c1O)C1CCCCC1.CN. The van der Waals surface area contributed by atoms with E-state index in [1.54, 1.807) is 0 Å². The maximum atomic E-state index is 14.0. The van der Waals surface area contributed by atoms with Crippen LogP contribution >= 0.6 is 11.3 Å². The van der Waals surface area contributed by atoms with Crippen molar-refractivity contribution in [2.24, 2.45) is 5.73 Å². The Morgan fingerprint density at radius 2 is 1.82 bits per heavy atom. The lowest BCUT2D eigenvalue weighted by molar-refractivity contribution is 0.0615. The number of pyridine rings is 1. The number of carbonyl (C=O) groups is 1. The molecule has 1 aliphatic carbocycles. The van der Waals surface area contributed by atoms with Gasteiger partial charge in [-0.25, -0.2) is 0 Å². The van der Waals surface area contributed by atoms with Crippen molar-refractivity contribution < 1.29 is 14.6 Å². The van der Waals surface area contributed by atoms with Gasteiger partial charge in [0.05, 0.1) is 6.61 Å². The van der Waals surface area contributed by atoms with Crippen molar-refractivity contribution in [2.75, 3.05) is 13.7 Å². The minimum Gasteiger partial charge on any atom is -0.506 e. The Labute approximate surface area is 229 Å². The van der Waals surface area contributed by atoms with Crippen LogP contribution in [0.5, 0.6) is 11.5 Å². The van der Waals surface area contributed by atoms with Gasteiger partial charge in [0.2, 0.25) is 0 Å². The van der Waals surface area contributed by atoms with Crippen molar-refractivity contribution >= 4 is 27.3 Å². The maximum absolute atomic E-state index is 14.0. The number of amides is 1. The molecule has 1 aliphatic rings. The number of aromatic nitrogens is 1. The van der Waals surface area contributed by atoms with Crippen LogP contribution in [0.2, 0.25) is 0 Å². The summed E-state index contributed by atoms with van der Waals surface area (Å²) in [7, 11) is 1.50. The Balaban J connectivity index is 0.00000164. The molecule has 2 aromatic carbocycles. The number of ether oxygens (including phenoxy) is 1. The lowest BCUT2D eigenvalue weighted by atomic mass is 9.93. The van der Waals surface area contributed by atoms with E-state index in [4.69, 9.17) is 4.74 Å². The largest absolute Gasteiger partial charge is 0.506 e. The number of hydrogen-bond donors (Lipinski definition) is 2. The molecule has 0 atom stereocenters. The monoisotopic (exact) mass is 531 g/mol. The smallest absolute Gasteiger partial charge is 0.268 e. The molecule has 0 radical (unpaired) electrons. The Hall–Kier alpha value is -3.42. The molecular formula is C31H37N3O3S. The van der Waals surface area contributed by atoms with Gasteiger partial charge in [0.15, 0.2) is 0 Å². The van der Waals surface area contributed by atoms with Gasteiger partial charge in [0.25, 0.3) is 5.91 Å². The summed E-state index contributed by atoms with van der Waals surface area (Å²) in [6.07, 6.45) is 7.26. The van der Waals surface area contributed by atoms with E-state index in [0.717, 1.165) is 63.9 Å². The molecule has 1 saturated carbocycles. The summed E-state index contributed by atoms with van der Waals surface area (Å²) in [5.41, 5.74) is 8.51. The van der Waals surface area contributed by atoms with E-state index in [1.807, 2.05) is 67.4 Å². The molecule has 0 spiro atoms. The summed E-state index contributed by atoms with van der Waals surface area (Å²) in [5.74, 6) is 0.770. The first-order valence-electron chi connectivity index (χ1n) is 13.3. The van der Waals surface area contributed by atoms with Gasteiger partial charge in [-0.15, -0.1) is 11.3 Å². The topological polar surface area (TPSA) is 88.7 Å². The van der Waals surface area contributed by atoms with Crippen LogP contribution in [0.15, 0.2) is 60.8 Å². The van der Waals surface area contributed by atoms with Gasteiger partial charge in [0.1, 0.15) is 16.4 Å². The Bertz CT molecular complexity index is 1360. The lowest BCUT2D eigenvalue weighted by Gasteiger charge is -2.34. The normalized spacial score (nSPS) is 13.6. The third-order valence-electron chi connectivity index (χ3n) is 6.99. The first kappa shape index (κ1) is 27.6. The fourth-order valence-corrected chi connectivity index (χ4v) is 6.12. The Morgan fingerprint density at radius 1 is 1.08 bits per heavy atom. The second kappa shape index (κ2) is 12.9. The van der Waals surface area contributed by atoms with Crippen LogP contribution in [-0.4, -0.2) is 40.6 Å². The summed E-state index contributed by atoms with van der Waals surface area (Å²) in [6.45, 7) is 4.93. The van der Waals surface area contributed by atoms with Crippen molar-refractivity contribution in [1.82, 2.24) is 9.88 Å². The van der Waals surface area contributed by atoms with E-state index in [1.165, 1.54) is 24.8 Å². The number of benzene rings is 2. The van der Waals surface area contributed by atoms with Crippen LogP contribution < -0.4 is 10.5 Å². The molecule has 7 heteroatoms. The highest BCUT2D eigenvalue weighted by molar-refractivity contribution is 7.21. The van der Waals surface area contributed by atoms with Crippen molar-refractivity contribution in [1.29, 1.82) is 0 Å². The predicted octanol–water partition coefficient (Wildman–Crippen LogP) is 6.93. The van der Waals surface area contributed by atoms with Crippen LogP contribution in [0.3, 0.4) is 0 Å². The molecule has 2 heterocycles. The lowest BCUT2D eigenvalue weighted by Crippen LogP contribution is -2.40. The number of aromatic hydroxyl groups is 1. The van der Waals surface area contributed by atoms with Gasteiger partial charge in [-0.05, 0) is 69.6 Å². The summed E-state index contributed by atoms with van der Waals surface area (Å²) < 4.78 is 6.91. The number of fused-ring (bicyclic) bond motifs is 1.